The summed E-state index contributed by atoms with van der Waals surface area (Å²) in [5.74, 6) is 0.757. The molecule has 0 saturated heterocycles. The lowest BCUT2D eigenvalue weighted by Gasteiger charge is -2.22. The Hall–Kier alpha value is -2.92. The van der Waals surface area contributed by atoms with Crippen molar-refractivity contribution in [2.45, 2.75) is 26.9 Å². The van der Waals surface area contributed by atoms with E-state index in [4.69, 9.17) is 4.42 Å². The number of thiophene rings is 1. The first-order valence-corrected chi connectivity index (χ1v) is 9.70. The first-order chi connectivity index (χ1) is 13.1. The lowest BCUT2D eigenvalue weighted by molar-refractivity contribution is 0.0721. The maximum absolute atomic E-state index is 13.5. The number of aromatic nitrogens is 1. The lowest BCUT2D eigenvalue weighted by Crippen LogP contribution is -2.30. The van der Waals surface area contributed by atoms with Crippen LogP contribution in [0, 0.1) is 13.8 Å². The van der Waals surface area contributed by atoms with E-state index >= 15 is 0 Å². The first-order valence-electron chi connectivity index (χ1n) is 8.82. The monoisotopic (exact) mass is 376 g/mol. The van der Waals surface area contributed by atoms with E-state index in [0.29, 0.717) is 18.7 Å². The predicted octanol–water partition coefficient (Wildman–Crippen LogP) is 5.35. The molecule has 0 aliphatic rings. The summed E-state index contributed by atoms with van der Waals surface area (Å²) < 4.78 is 5.50. The topological polar surface area (TPSA) is 46.3 Å². The van der Waals surface area contributed by atoms with E-state index in [-0.39, 0.29) is 5.91 Å². The third-order valence-corrected chi connectivity index (χ3v) is 5.32. The number of carbonyl (C=O) groups is 1. The second-order valence-electron chi connectivity index (χ2n) is 6.65. The van der Waals surface area contributed by atoms with Crippen molar-refractivity contribution in [3.8, 4) is 0 Å². The molecule has 0 fully saturated rings. The van der Waals surface area contributed by atoms with Gasteiger partial charge < -0.3 is 9.32 Å². The van der Waals surface area contributed by atoms with Gasteiger partial charge in [0, 0.05) is 16.0 Å². The number of furan rings is 1. The number of rotatable bonds is 5. The van der Waals surface area contributed by atoms with Gasteiger partial charge >= 0.3 is 0 Å². The van der Waals surface area contributed by atoms with Gasteiger partial charge in [0.1, 0.15) is 5.76 Å². The minimum absolute atomic E-state index is 0.0131. The number of benzene rings is 1. The molecule has 0 unspecified atom stereocenters. The van der Waals surface area contributed by atoms with Crippen molar-refractivity contribution >= 4 is 28.1 Å². The minimum atomic E-state index is -0.0131. The lowest BCUT2D eigenvalue weighted by atomic mass is 10.0. The second kappa shape index (κ2) is 7.37. The fourth-order valence-corrected chi connectivity index (χ4v) is 3.92. The zero-order chi connectivity index (χ0) is 18.8. The highest BCUT2D eigenvalue weighted by Gasteiger charge is 2.21. The molecule has 5 heteroatoms. The molecule has 3 heterocycles. The minimum Gasteiger partial charge on any atom is -0.467 e. The van der Waals surface area contributed by atoms with Crippen LogP contribution in [-0.4, -0.2) is 15.8 Å². The zero-order valence-electron chi connectivity index (χ0n) is 15.3. The molecule has 0 saturated carbocycles. The first kappa shape index (κ1) is 17.5. The highest BCUT2D eigenvalue weighted by atomic mass is 32.1. The number of carbonyl (C=O) groups excluding carboxylic acids is 1. The highest BCUT2D eigenvalue weighted by molar-refractivity contribution is 7.09. The third-order valence-electron chi connectivity index (χ3n) is 4.46. The summed E-state index contributed by atoms with van der Waals surface area (Å²) >= 11 is 1.65. The van der Waals surface area contributed by atoms with Crippen molar-refractivity contribution in [2.75, 3.05) is 0 Å². The Morgan fingerprint density at radius 1 is 1.11 bits per heavy atom. The smallest absolute Gasteiger partial charge is 0.255 e. The van der Waals surface area contributed by atoms with Crippen LogP contribution in [0.2, 0.25) is 0 Å². The predicted molar refractivity (Wildman–Crippen MR) is 108 cm³/mol. The van der Waals surface area contributed by atoms with Crippen molar-refractivity contribution in [2.24, 2.45) is 0 Å². The molecule has 0 radical (unpaired) electrons. The molecule has 1 aromatic carbocycles. The van der Waals surface area contributed by atoms with Gasteiger partial charge in [-0.05, 0) is 55.6 Å². The molecular formula is C22H20N2O2S. The maximum atomic E-state index is 13.5. The fraction of sp³-hybridized carbons (Fsp3) is 0.182. The quantitative estimate of drug-likeness (QED) is 0.472. The van der Waals surface area contributed by atoms with E-state index in [9.17, 15) is 4.79 Å². The number of hydrogen-bond donors (Lipinski definition) is 0. The number of nitrogens with zero attached hydrogens (tertiary/aromatic N) is 2. The van der Waals surface area contributed by atoms with Gasteiger partial charge in [0.2, 0.25) is 0 Å². The van der Waals surface area contributed by atoms with E-state index in [1.165, 1.54) is 0 Å². The average Bonchev–Trinajstić information content (AvgIpc) is 3.34. The Labute approximate surface area is 162 Å². The van der Waals surface area contributed by atoms with Gasteiger partial charge in [0.15, 0.2) is 0 Å². The molecule has 136 valence electrons. The van der Waals surface area contributed by atoms with E-state index in [1.54, 1.807) is 17.6 Å². The Balaban J connectivity index is 1.76. The van der Waals surface area contributed by atoms with Crippen molar-refractivity contribution in [1.82, 2.24) is 9.88 Å². The van der Waals surface area contributed by atoms with Gasteiger partial charge in [0.05, 0.1) is 30.4 Å². The van der Waals surface area contributed by atoms with Crippen molar-refractivity contribution in [3.05, 3.63) is 87.6 Å². The van der Waals surface area contributed by atoms with E-state index < -0.39 is 0 Å². The van der Waals surface area contributed by atoms with Crippen LogP contribution in [0.4, 0.5) is 0 Å². The standard InChI is InChI=1S/C22H20N2O2S/c1-15-7-8-21-19(11-15)20(12-16(2)23-21)22(25)24(13-17-5-3-9-26-17)14-18-6-4-10-27-18/h3-12H,13-14H2,1-2H3. The van der Waals surface area contributed by atoms with Crippen molar-refractivity contribution in [3.63, 3.8) is 0 Å². The number of aryl methyl sites for hydroxylation is 2. The van der Waals surface area contributed by atoms with Crippen LogP contribution in [0.3, 0.4) is 0 Å². The summed E-state index contributed by atoms with van der Waals surface area (Å²) in [6, 6.07) is 15.7. The fourth-order valence-electron chi connectivity index (χ4n) is 3.20. The number of hydrogen-bond acceptors (Lipinski definition) is 4. The highest BCUT2D eigenvalue weighted by Crippen LogP contribution is 2.24. The summed E-state index contributed by atoms with van der Waals surface area (Å²) in [5, 5.41) is 2.92. The second-order valence-corrected chi connectivity index (χ2v) is 7.68. The molecule has 27 heavy (non-hydrogen) atoms. The molecule has 0 N–H and O–H groups in total. The molecule has 1 amide bonds. The van der Waals surface area contributed by atoms with Gasteiger partial charge in [-0.1, -0.05) is 17.7 Å². The molecule has 4 rings (SSSR count). The summed E-state index contributed by atoms with van der Waals surface area (Å²) in [5.41, 5.74) is 3.48. The molecule has 4 aromatic rings. The molecular weight excluding hydrogens is 356 g/mol. The van der Waals surface area contributed by atoms with Crippen LogP contribution >= 0.6 is 11.3 Å². The number of fused-ring (bicyclic) bond motifs is 1. The molecule has 0 aliphatic heterocycles. The number of pyridine rings is 1. The van der Waals surface area contributed by atoms with Gasteiger partial charge in [-0.2, -0.15) is 0 Å². The van der Waals surface area contributed by atoms with Crippen LogP contribution in [-0.2, 0) is 13.1 Å². The van der Waals surface area contributed by atoms with Gasteiger partial charge in [-0.3, -0.25) is 9.78 Å². The molecule has 0 spiro atoms. The van der Waals surface area contributed by atoms with E-state index in [2.05, 4.69) is 4.98 Å². The zero-order valence-corrected chi connectivity index (χ0v) is 16.1. The third kappa shape index (κ3) is 3.78. The largest absolute Gasteiger partial charge is 0.467 e. The van der Waals surface area contributed by atoms with Crippen LogP contribution in [0.25, 0.3) is 10.9 Å². The molecule has 0 bridgehead atoms. The Morgan fingerprint density at radius 2 is 2.00 bits per heavy atom. The van der Waals surface area contributed by atoms with Crippen LogP contribution in [0.5, 0.6) is 0 Å². The SMILES string of the molecule is Cc1ccc2nc(C)cc(C(=O)N(Cc3ccco3)Cc3cccs3)c2c1. The molecule has 0 aliphatic carbocycles. The van der Waals surface area contributed by atoms with E-state index in [1.807, 2.05) is 72.7 Å². The van der Waals surface area contributed by atoms with Crippen molar-refractivity contribution in [1.29, 1.82) is 0 Å². The van der Waals surface area contributed by atoms with Crippen LogP contribution in [0.1, 0.15) is 32.3 Å². The van der Waals surface area contributed by atoms with Gasteiger partial charge in [-0.15, -0.1) is 11.3 Å². The average molecular weight is 376 g/mol. The maximum Gasteiger partial charge on any atom is 0.255 e. The van der Waals surface area contributed by atoms with Crippen molar-refractivity contribution < 1.29 is 9.21 Å². The Bertz CT molecular complexity index is 1030. The van der Waals surface area contributed by atoms with Crippen LogP contribution in [0.15, 0.2) is 64.6 Å². The normalized spacial score (nSPS) is 11.0. The molecule has 4 nitrogen and oxygen atoms in total. The van der Waals surface area contributed by atoms with E-state index in [0.717, 1.165) is 32.8 Å². The molecule has 0 atom stereocenters. The molecule has 3 aromatic heterocycles. The Kier molecular flexibility index (Phi) is 4.77. The summed E-state index contributed by atoms with van der Waals surface area (Å²) in [7, 11) is 0. The summed E-state index contributed by atoms with van der Waals surface area (Å²) in [4.78, 5) is 21.1. The van der Waals surface area contributed by atoms with Gasteiger partial charge in [0.25, 0.3) is 5.91 Å². The Morgan fingerprint density at radius 3 is 2.74 bits per heavy atom. The number of amides is 1. The summed E-state index contributed by atoms with van der Waals surface area (Å²) in [6.45, 7) is 4.93. The summed E-state index contributed by atoms with van der Waals surface area (Å²) in [6.07, 6.45) is 1.64. The van der Waals surface area contributed by atoms with Crippen LogP contribution < -0.4 is 0 Å². The van der Waals surface area contributed by atoms with Gasteiger partial charge in [-0.25, -0.2) is 0 Å².